The molecule has 0 radical (unpaired) electrons. The molecular formula is C22H25Cl2N3O2S. The molecule has 8 heteroatoms. The summed E-state index contributed by atoms with van der Waals surface area (Å²) in [4.78, 5) is 22.1. The van der Waals surface area contributed by atoms with Gasteiger partial charge >= 0.3 is 0 Å². The maximum Gasteiger partial charge on any atom is 0.233 e. The standard InChI is InChI=1S/C22H25Cl2N3O2S/c1-4-26(5-2)12-13-27(19(28)14-15-8-6-7-9-16(15)23)22-25-20-18(29-3)11-10-17(24)21(20)30-22/h6-11H,4-5,12-14H2,1-3H3. The van der Waals surface area contributed by atoms with E-state index in [9.17, 15) is 4.79 Å². The molecule has 1 aromatic heterocycles. The lowest BCUT2D eigenvalue weighted by molar-refractivity contribution is -0.118. The summed E-state index contributed by atoms with van der Waals surface area (Å²) in [6.45, 7) is 7.35. The molecule has 0 bridgehead atoms. The van der Waals surface area contributed by atoms with Gasteiger partial charge in [0.05, 0.1) is 23.3 Å². The fourth-order valence-corrected chi connectivity index (χ4v) is 4.73. The minimum absolute atomic E-state index is 0.0515. The molecule has 1 amide bonds. The molecule has 3 aromatic rings. The molecule has 0 unspecified atom stereocenters. The number of fused-ring (bicyclic) bond motifs is 1. The number of carbonyl (C=O) groups is 1. The largest absolute Gasteiger partial charge is 0.494 e. The zero-order valence-electron chi connectivity index (χ0n) is 17.3. The smallest absolute Gasteiger partial charge is 0.233 e. The first-order chi connectivity index (χ1) is 14.5. The Balaban J connectivity index is 1.96. The van der Waals surface area contributed by atoms with Gasteiger partial charge in [-0.2, -0.15) is 0 Å². The van der Waals surface area contributed by atoms with Gasteiger partial charge in [0.2, 0.25) is 5.91 Å². The van der Waals surface area contributed by atoms with Crippen LogP contribution in [0.2, 0.25) is 10.0 Å². The number of carbonyl (C=O) groups excluding carboxylic acids is 1. The van der Waals surface area contributed by atoms with Crippen LogP contribution in [0, 0.1) is 0 Å². The molecule has 30 heavy (non-hydrogen) atoms. The number of thiazole rings is 1. The van der Waals surface area contributed by atoms with Crippen molar-refractivity contribution in [2.75, 3.05) is 38.2 Å². The van der Waals surface area contributed by atoms with Crippen LogP contribution in [0.1, 0.15) is 19.4 Å². The Bertz CT molecular complexity index is 1020. The fraction of sp³-hybridized carbons (Fsp3) is 0.364. The van der Waals surface area contributed by atoms with Crippen molar-refractivity contribution in [3.8, 4) is 5.75 Å². The third-order valence-corrected chi connectivity index (χ3v) is 6.94. The van der Waals surface area contributed by atoms with Crippen LogP contribution in [-0.4, -0.2) is 49.1 Å². The number of likely N-dealkylation sites (N-methyl/N-ethyl adjacent to an activating group) is 1. The van der Waals surface area contributed by atoms with E-state index in [0.29, 0.717) is 33.0 Å². The molecule has 0 saturated heterocycles. The number of amides is 1. The van der Waals surface area contributed by atoms with Crippen LogP contribution in [-0.2, 0) is 11.2 Å². The van der Waals surface area contributed by atoms with Crippen molar-refractivity contribution in [2.45, 2.75) is 20.3 Å². The first-order valence-corrected chi connectivity index (χ1v) is 11.4. The molecule has 2 aromatic carbocycles. The summed E-state index contributed by atoms with van der Waals surface area (Å²) in [5, 5.41) is 1.79. The topological polar surface area (TPSA) is 45.7 Å². The van der Waals surface area contributed by atoms with Crippen LogP contribution in [0.4, 0.5) is 5.13 Å². The summed E-state index contributed by atoms with van der Waals surface area (Å²) in [5.41, 5.74) is 1.47. The Labute approximate surface area is 191 Å². The Morgan fingerprint density at radius 2 is 1.80 bits per heavy atom. The SMILES string of the molecule is CCN(CC)CCN(C(=O)Cc1ccccc1Cl)c1nc2c(OC)ccc(Cl)c2s1. The first kappa shape index (κ1) is 22.8. The van der Waals surface area contributed by atoms with Crippen LogP contribution in [0.5, 0.6) is 5.75 Å². The van der Waals surface area contributed by atoms with Crippen LogP contribution in [0.25, 0.3) is 10.2 Å². The summed E-state index contributed by atoms with van der Waals surface area (Å²) in [5.74, 6) is 0.587. The summed E-state index contributed by atoms with van der Waals surface area (Å²) in [6, 6.07) is 11.0. The van der Waals surface area contributed by atoms with Crippen molar-refractivity contribution in [3.05, 3.63) is 52.0 Å². The molecule has 0 atom stereocenters. The minimum Gasteiger partial charge on any atom is -0.494 e. The zero-order chi connectivity index (χ0) is 21.7. The lowest BCUT2D eigenvalue weighted by Crippen LogP contribution is -2.39. The number of halogens is 2. The van der Waals surface area contributed by atoms with Crippen molar-refractivity contribution < 1.29 is 9.53 Å². The number of aromatic nitrogens is 1. The van der Waals surface area contributed by atoms with Crippen LogP contribution >= 0.6 is 34.5 Å². The molecule has 0 spiro atoms. The van der Waals surface area contributed by atoms with E-state index in [1.165, 1.54) is 11.3 Å². The van der Waals surface area contributed by atoms with Gasteiger partial charge in [0.15, 0.2) is 5.13 Å². The van der Waals surface area contributed by atoms with Crippen molar-refractivity contribution in [2.24, 2.45) is 0 Å². The van der Waals surface area contributed by atoms with Gasteiger partial charge in [0.1, 0.15) is 11.3 Å². The van der Waals surface area contributed by atoms with Crippen molar-refractivity contribution >= 4 is 55.8 Å². The van der Waals surface area contributed by atoms with Gasteiger partial charge in [-0.1, -0.05) is 66.6 Å². The number of anilines is 1. The quantitative estimate of drug-likeness (QED) is 0.416. The highest BCUT2D eigenvalue weighted by Crippen LogP contribution is 2.38. The Hall–Kier alpha value is -1.86. The number of hydrogen-bond donors (Lipinski definition) is 0. The second-order valence-corrected chi connectivity index (χ2v) is 8.56. The molecule has 0 aliphatic rings. The van der Waals surface area contributed by atoms with Gasteiger partial charge < -0.3 is 9.64 Å². The molecule has 5 nitrogen and oxygen atoms in total. The summed E-state index contributed by atoms with van der Waals surface area (Å²) >= 11 is 14.1. The third kappa shape index (κ3) is 5.06. The zero-order valence-corrected chi connectivity index (χ0v) is 19.7. The highest BCUT2D eigenvalue weighted by Gasteiger charge is 2.23. The Morgan fingerprint density at radius 3 is 2.47 bits per heavy atom. The molecule has 0 saturated carbocycles. The Kier molecular flexibility index (Phi) is 7.94. The van der Waals surface area contributed by atoms with Gasteiger partial charge in [0.25, 0.3) is 0 Å². The van der Waals surface area contributed by atoms with E-state index in [0.717, 1.165) is 29.9 Å². The van der Waals surface area contributed by atoms with Gasteiger partial charge in [0, 0.05) is 18.1 Å². The molecule has 0 aliphatic heterocycles. The van der Waals surface area contributed by atoms with Crippen molar-refractivity contribution in [3.63, 3.8) is 0 Å². The van der Waals surface area contributed by atoms with Crippen molar-refractivity contribution in [1.29, 1.82) is 0 Å². The average Bonchev–Trinajstić information content (AvgIpc) is 3.19. The Morgan fingerprint density at radius 1 is 1.07 bits per heavy atom. The van der Waals surface area contributed by atoms with Gasteiger partial charge in [-0.05, 0) is 36.9 Å². The third-order valence-electron chi connectivity index (χ3n) is 5.03. The number of nitrogens with zero attached hydrogens (tertiary/aromatic N) is 3. The minimum atomic E-state index is -0.0515. The molecule has 3 rings (SSSR count). The van der Waals surface area contributed by atoms with E-state index >= 15 is 0 Å². The van der Waals surface area contributed by atoms with Gasteiger partial charge in [-0.15, -0.1) is 0 Å². The average molecular weight is 466 g/mol. The second-order valence-electron chi connectivity index (χ2n) is 6.76. The van der Waals surface area contributed by atoms with E-state index < -0.39 is 0 Å². The predicted molar refractivity (Wildman–Crippen MR) is 126 cm³/mol. The maximum atomic E-state index is 13.3. The van der Waals surface area contributed by atoms with E-state index in [1.807, 2.05) is 18.2 Å². The summed E-state index contributed by atoms with van der Waals surface area (Å²) in [7, 11) is 1.60. The second kappa shape index (κ2) is 10.4. The highest BCUT2D eigenvalue weighted by atomic mass is 35.5. The van der Waals surface area contributed by atoms with E-state index in [1.54, 1.807) is 30.2 Å². The van der Waals surface area contributed by atoms with Crippen LogP contribution in [0.3, 0.4) is 0 Å². The first-order valence-electron chi connectivity index (χ1n) is 9.87. The monoisotopic (exact) mass is 465 g/mol. The van der Waals surface area contributed by atoms with Gasteiger partial charge in [-0.25, -0.2) is 4.98 Å². The van der Waals surface area contributed by atoms with Crippen LogP contribution in [0.15, 0.2) is 36.4 Å². The number of benzene rings is 2. The summed E-state index contributed by atoms with van der Waals surface area (Å²) < 4.78 is 6.25. The number of rotatable bonds is 9. The summed E-state index contributed by atoms with van der Waals surface area (Å²) in [6.07, 6.45) is 0.207. The molecule has 0 aliphatic carbocycles. The van der Waals surface area contributed by atoms with Crippen molar-refractivity contribution in [1.82, 2.24) is 9.88 Å². The molecular weight excluding hydrogens is 441 g/mol. The van der Waals surface area contributed by atoms with Gasteiger partial charge in [-0.3, -0.25) is 9.69 Å². The van der Waals surface area contributed by atoms with E-state index in [-0.39, 0.29) is 12.3 Å². The lowest BCUT2D eigenvalue weighted by Gasteiger charge is -2.25. The fourth-order valence-electron chi connectivity index (χ4n) is 3.23. The highest BCUT2D eigenvalue weighted by molar-refractivity contribution is 7.23. The number of ether oxygens (including phenoxy) is 1. The molecule has 1 heterocycles. The van der Waals surface area contributed by atoms with E-state index in [4.69, 9.17) is 32.9 Å². The lowest BCUT2D eigenvalue weighted by atomic mass is 10.1. The number of methoxy groups -OCH3 is 1. The van der Waals surface area contributed by atoms with E-state index in [2.05, 4.69) is 18.7 Å². The molecule has 160 valence electrons. The van der Waals surface area contributed by atoms with Crippen LogP contribution < -0.4 is 9.64 Å². The molecule has 0 fully saturated rings. The molecule has 0 N–H and O–H groups in total. The normalized spacial score (nSPS) is 11.3. The number of hydrogen-bond acceptors (Lipinski definition) is 5. The maximum absolute atomic E-state index is 13.3. The predicted octanol–water partition coefficient (Wildman–Crippen LogP) is 5.53.